The van der Waals surface area contributed by atoms with E-state index in [4.69, 9.17) is 5.73 Å². The Morgan fingerprint density at radius 1 is 1.29 bits per heavy atom. The number of hydrogen-bond acceptors (Lipinski definition) is 1. The van der Waals surface area contributed by atoms with Gasteiger partial charge in [-0.3, -0.25) is 0 Å². The maximum atomic E-state index is 13.4. The van der Waals surface area contributed by atoms with E-state index in [1.807, 2.05) is 0 Å². The molecule has 1 aromatic carbocycles. The summed E-state index contributed by atoms with van der Waals surface area (Å²) in [6, 6.07) is 1.98. The molecule has 0 amide bonds. The van der Waals surface area contributed by atoms with Crippen LogP contribution in [0.3, 0.4) is 0 Å². The first kappa shape index (κ1) is 16.2. The molecule has 0 fully saturated rings. The summed E-state index contributed by atoms with van der Waals surface area (Å²) in [5.41, 5.74) is 4.15. The largest absolute Gasteiger partial charge is 0.416 e. The topological polar surface area (TPSA) is 26.0 Å². The lowest BCUT2D eigenvalue weighted by molar-refractivity contribution is -0.138. The zero-order valence-electron chi connectivity index (χ0n) is 9.22. The molecule has 0 aromatic heterocycles. The SMILES string of the molecule is CCC[C@H](N)c1c(F)cccc1C(F)(F)F.Cl. The second-order valence-corrected chi connectivity index (χ2v) is 3.59. The van der Waals surface area contributed by atoms with E-state index in [2.05, 4.69) is 0 Å². The number of rotatable bonds is 3. The lowest BCUT2D eigenvalue weighted by Gasteiger charge is -2.18. The first-order valence-corrected chi connectivity index (χ1v) is 4.99. The van der Waals surface area contributed by atoms with E-state index in [1.165, 1.54) is 0 Å². The van der Waals surface area contributed by atoms with Crippen molar-refractivity contribution < 1.29 is 17.6 Å². The molecule has 1 nitrogen and oxygen atoms in total. The van der Waals surface area contributed by atoms with Crippen LogP contribution in [0, 0.1) is 5.82 Å². The summed E-state index contributed by atoms with van der Waals surface area (Å²) in [7, 11) is 0. The third-order valence-corrected chi connectivity index (χ3v) is 2.33. The molecule has 0 aliphatic heterocycles. The van der Waals surface area contributed by atoms with Crippen LogP contribution in [-0.4, -0.2) is 0 Å². The highest BCUT2D eigenvalue weighted by atomic mass is 35.5. The summed E-state index contributed by atoms with van der Waals surface area (Å²) in [5.74, 6) is -0.893. The highest BCUT2D eigenvalue weighted by Crippen LogP contribution is 2.36. The number of alkyl halides is 3. The fourth-order valence-corrected chi connectivity index (χ4v) is 1.62. The van der Waals surface area contributed by atoms with Crippen LogP contribution in [-0.2, 0) is 6.18 Å². The highest BCUT2D eigenvalue weighted by molar-refractivity contribution is 5.85. The fourth-order valence-electron chi connectivity index (χ4n) is 1.62. The van der Waals surface area contributed by atoms with Crippen LogP contribution in [0.2, 0.25) is 0 Å². The standard InChI is InChI=1S/C11H13F4N.ClH/c1-2-4-9(16)10-7(11(13,14)15)5-3-6-8(10)12;/h3,5-6,9H,2,4,16H2,1H3;1H/t9-;/m0./s1. The van der Waals surface area contributed by atoms with Gasteiger partial charge in [-0.2, -0.15) is 13.2 Å². The summed E-state index contributed by atoms with van der Waals surface area (Å²) in [6.45, 7) is 1.79. The Hall–Kier alpha value is -0.810. The third kappa shape index (κ3) is 3.85. The monoisotopic (exact) mass is 271 g/mol. The number of nitrogens with two attached hydrogens (primary N) is 1. The van der Waals surface area contributed by atoms with Gasteiger partial charge in [0.15, 0.2) is 0 Å². The van der Waals surface area contributed by atoms with Crippen LogP contribution in [0.5, 0.6) is 0 Å². The van der Waals surface area contributed by atoms with E-state index in [0.29, 0.717) is 12.8 Å². The van der Waals surface area contributed by atoms with Gasteiger partial charge in [0.05, 0.1) is 5.56 Å². The van der Waals surface area contributed by atoms with Crippen LogP contribution in [0.15, 0.2) is 18.2 Å². The van der Waals surface area contributed by atoms with Gasteiger partial charge in [0.2, 0.25) is 0 Å². The number of halogens is 5. The van der Waals surface area contributed by atoms with E-state index in [9.17, 15) is 17.6 Å². The normalized spacial score (nSPS) is 13.1. The second kappa shape index (κ2) is 6.21. The molecule has 0 unspecified atom stereocenters. The van der Waals surface area contributed by atoms with Crippen LogP contribution in [0.4, 0.5) is 17.6 Å². The molecule has 0 bridgehead atoms. The van der Waals surface area contributed by atoms with Gasteiger partial charge in [-0.15, -0.1) is 12.4 Å². The van der Waals surface area contributed by atoms with Crippen molar-refractivity contribution in [2.45, 2.75) is 32.0 Å². The van der Waals surface area contributed by atoms with E-state index >= 15 is 0 Å². The molecule has 0 radical (unpaired) electrons. The van der Waals surface area contributed by atoms with Gasteiger partial charge >= 0.3 is 6.18 Å². The Balaban J connectivity index is 0.00000256. The van der Waals surface area contributed by atoms with Gasteiger partial charge in [0.25, 0.3) is 0 Å². The molecule has 1 aromatic rings. The van der Waals surface area contributed by atoms with E-state index < -0.39 is 29.2 Å². The lowest BCUT2D eigenvalue weighted by atomic mass is 9.97. The molecule has 0 heterocycles. The average Bonchev–Trinajstić information content (AvgIpc) is 2.16. The second-order valence-electron chi connectivity index (χ2n) is 3.59. The van der Waals surface area contributed by atoms with Gasteiger partial charge in [0.1, 0.15) is 5.82 Å². The van der Waals surface area contributed by atoms with Crippen molar-refractivity contribution in [2.75, 3.05) is 0 Å². The Morgan fingerprint density at radius 3 is 2.35 bits per heavy atom. The lowest BCUT2D eigenvalue weighted by Crippen LogP contribution is -2.19. The first-order valence-electron chi connectivity index (χ1n) is 4.99. The van der Waals surface area contributed by atoms with Gasteiger partial charge < -0.3 is 5.73 Å². The quantitative estimate of drug-likeness (QED) is 0.824. The molecule has 17 heavy (non-hydrogen) atoms. The van der Waals surface area contributed by atoms with Crippen LogP contribution >= 0.6 is 12.4 Å². The van der Waals surface area contributed by atoms with Crippen molar-refractivity contribution in [1.82, 2.24) is 0 Å². The molecule has 6 heteroatoms. The minimum absolute atomic E-state index is 0. The van der Waals surface area contributed by atoms with Crippen molar-refractivity contribution in [3.05, 3.63) is 35.1 Å². The van der Waals surface area contributed by atoms with E-state index in [1.54, 1.807) is 6.92 Å². The first-order chi connectivity index (χ1) is 7.38. The van der Waals surface area contributed by atoms with Crippen molar-refractivity contribution in [1.29, 1.82) is 0 Å². The molecule has 0 saturated carbocycles. The smallest absolute Gasteiger partial charge is 0.324 e. The minimum Gasteiger partial charge on any atom is -0.324 e. The maximum absolute atomic E-state index is 13.4. The predicted octanol–water partition coefficient (Wildman–Crippen LogP) is 4.07. The molecule has 1 rings (SSSR count). The van der Waals surface area contributed by atoms with Crippen LogP contribution in [0.25, 0.3) is 0 Å². The Labute approximate surface area is 103 Å². The molecule has 1 atom stereocenters. The molecule has 2 N–H and O–H groups in total. The molecule has 0 aliphatic rings. The summed E-state index contributed by atoms with van der Waals surface area (Å²) < 4.78 is 51.2. The summed E-state index contributed by atoms with van der Waals surface area (Å²) >= 11 is 0. The van der Waals surface area contributed by atoms with Crippen molar-refractivity contribution in [3.8, 4) is 0 Å². The maximum Gasteiger partial charge on any atom is 0.416 e. The highest BCUT2D eigenvalue weighted by Gasteiger charge is 2.35. The van der Waals surface area contributed by atoms with Crippen LogP contribution in [0.1, 0.15) is 36.9 Å². The summed E-state index contributed by atoms with van der Waals surface area (Å²) in [5, 5.41) is 0. The minimum atomic E-state index is -4.57. The van der Waals surface area contributed by atoms with Crippen molar-refractivity contribution in [3.63, 3.8) is 0 Å². The van der Waals surface area contributed by atoms with E-state index in [-0.39, 0.29) is 12.4 Å². The van der Waals surface area contributed by atoms with Crippen LogP contribution < -0.4 is 5.73 Å². The summed E-state index contributed by atoms with van der Waals surface area (Å²) in [6.07, 6.45) is -3.64. The molecule has 0 saturated heterocycles. The Morgan fingerprint density at radius 2 is 1.88 bits per heavy atom. The Bertz CT molecular complexity index is 365. The Kier molecular flexibility index (Phi) is 5.92. The van der Waals surface area contributed by atoms with Gasteiger partial charge in [-0.25, -0.2) is 4.39 Å². The summed E-state index contributed by atoms with van der Waals surface area (Å²) in [4.78, 5) is 0. The van der Waals surface area contributed by atoms with Crippen molar-refractivity contribution in [2.24, 2.45) is 5.73 Å². The number of hydrogen-bond donors (Lipinski definition) is 1. The zero-order valence-corrected chi connectivity index (χ0v) is 10.0. The van der Waals surface area contributed by atoms with E-state index in [0.717, 1.165) is 18.2 Å². The molecular formula is C11H14ClF4N. The predicted molar refractivity (Wildman–Crippen MR) is 60.5 cm³/mol. The molecule has 98 valence electrons. The molecule has 0 spiro atoms. The van der Waals surface area contributed by atoms with Gasteiger partial charge in [0, 0.05) is 11.6 Å². The zero-order chi connectivity index (χ0) is 12.3. The third-order valence-electron chi connectivity index (χ3n) is 2.33. The fraction of sp³-hybridized carbons (Fsp3) is 0.455. The van der Waals surface area contributed by atoms with Gasteiger partial charge in [-0.05, 0) is 18.6 Å². The number of benzene rings is 1. The van der Waals surface area contributed by atoms with Gasteiger partial charge in [-0.1, -0.05) is 19.4 Å². The molecular weight excluding hydrogens is 258 g/mol. The average molecular weight is 272 g/mol. The van der Waals surface area contributed by atoms with Crippen molar-refractivity contribution >= 4 is 12.4 Å². The molecule has 0 aliphatic carbocycles.